The summed E-state index contributed by atoms with van der Waals surface area (Å²) in [5, 5.41) is 7.88. The second-order valence-electron chi connectivity index (χ2n) is 9.43. The molecular weight excluding hydrogens is 374 g/mol. The lowest BCUT2D eigenvalue weighted by Crippen LogP contribution is -2.62. The number of nitrogens with one attached hydrogen (secondary N) is 2. The van der Waals surface area contributed by atoms with Crippen molar-refractivity contribution < 1.29 is 9.53 Å². The van der Waals surface area contributed by atoms with Gasteiger partial charge in [0.15, 0.2) is 5.75 Å². The maximum absolute atomic E-state index is 12.8. The summed E-state index contributed by atoms with van der Waals surface area (Å²) in [5.41, 5.74) is 1.43. The molecule has 1 aliphatic rings. The second-order valence-corrected chi connectivity index (χ2v) is 9.43. The Kier molecular flexibility index (Phi) is 5.24. The van der Waals surface area contributed by atoms with E-state index < -0.39 is 0 Å². The average Bonchev–Trinajstić information content (AvgIpc) is 2.66. The molecule has 1 amide bonds. The van der Waals surface area contributed by atoms with Gasteiger partial charge in [-0.3, -0.25) is 9.78 Å². The Morgan fingerprint density at radius 3 is 2.37 bits per heavy atom. The first kappa shape index (κ1) is 20.4. The number of benzene rings is 2. The lowest BCUT2D eigenvalue weighted by atomic mass is 9.79. The maximum Gasteiger partial charge on any atom is 0.251 e. The Hall–Kier alpha value is -2.92. The number of carbonyl (C=O) groups is 1. The summed E-state index contributed by atoms with van der Waals surface area (Å²) in [7, 11) is 0. The Labute approximate surface area is 177 Å². The zero-order valence-electron chi connectivity index (χ0n) is 18.0. The number of ether oxygens (including phenoxy) is 1. The second kappa shape index (κ2) is 7.73. The first-order valence-electron chi connectivity index (χ1n) is 10.4. The first-order chi connectivity index (χ1) is 14.2. The lowest BCUT2D eigenvalue weighted by molar-refractivity contribution is 0.0873. The van der Waals surface area contributed by atoms with E-state index in [-0.39, 0.29) is 23.0 Å². The molecule has 5 nitrogen and oxygen atoms in total. The molecule has 0 atom stereocenters. The summed E-state index contributed by atoms with van der Waals surface area (Å²) in [4.78, 5) is 17.2. The molecule has 4 rings (SSSR count). The van der Waals surface area contributed by atoms with E-state index in [4.69, 9.17) is 4.74 Å². The predicted octanol–water partition coefficient (Wildman–Crippen LogP) is 5.07. The van der Waals surface area contributed by atoms with E-state index in [2.05, 4.69) is 43.3 Å². The van der Waals surface area contributed by atoms with Gasteiger partial charge in [0.25, 0.3) is 5.91 Å². The summed E-state index contributed by atoms with van der Waals surface area (Å²) in [5.74, 6) is 1.32. The number of carbonyl (C=O) groups excluding carboxylic acids is 1. The molecule has 1 aromatic heterocycles. The minimum Gasteiger partial charge on any atom is -0.455 e. The van der Waals surface area contributed by atoms with Gasteiger partial charge >= 0.3 is 0 Å². The molecule has 5 heteroatoms. The van der Waals surface area contributed by atoms with Crippen LogP contribution < -0.4 is 15.4 Å². The molecular formula is C25H29N3O2. The Bertz CT molecular complexity index is 1040. The largest absolute Gasteiger partial charge is 0.455 e. The number of hydrogen-bond donors (Lipinski definition) is 2. The van der Waals surface area contributed by atoms with E-state index in [1.807, 2.05) is 42.5 Å². The van der Waals surface area contributed by atoms with Crippen LogP contribution in [0.2, 0.25) is 0 Å². The molecule has 0 bridgehead atoms. The standard InChI is InChI=1S/C25H29N3O2/c1-24(2)15-19(16-25(3,4)28-24)27-23(29)18-10-12-20(13-11-18)30-21-9-5-7-17-8-6-14-26-22(17)21/h5-14,19,28H,15-16H2,1-4H3,(H,27,29). The van der Waals surface area contributed by atoms with Crippen LogP contribution in [0.25, 0.3) is 10.9 Å². The fraction of sp³-hybridized carbons (Fsp3) is 0.360. The Morgan fingerprint density at radius 2 is 1.67 bits per heavy atom. The molecule has 0 aliphatic carbocycles. The highest BCUT2D eigenvalue weighted by atomic mass is 16.5. The van der Waals surface area contributed by atoms with Gasteiger partial charge in [-0.2, -0.15) is 0 Å². The van der Waals surface area contributed by atoms with Crippen molar-refractivity contribution in [1.29, 1.82) is 0 Å². The number of nitrogens with zero attached hydrogens (tertiary/aromatic N) is 1. The van der Waals surface area contributed by atoms with Crippen LogP contribution in [-0.4, -0.2) is 28.0 Å². The molecule has 156 valence electrons. The van der Waals surface area contributed by atoms with Crippen LogP contribution in [0.3, 0.4) is 0 Å². The van der Waals surface area contributed by atoms with Crippen LogP contribution in [0, 0.1) is 0 Å². The number of fused-ring (bicyclic) bond motifs is 1. The van der Waals surface area contributed by atoms with Gasteiger partial charge in [-0.15, -0.1) is 0 Å². The Balaban J connectivity index is 1.45. The van der Waals surface area contributed by atoms with Crippen LogP contribution >= 0.6 is 0 Å². The normalized spacial score (nSPS) is 18.1. The third kappa shape index (κ3) is 4.62. The van der Waals surface area contributed by atoms with Crippen LogP contribution in [0.15, 0.2) is 60.8 Å². The van der Waals surface area contributed by atoms with E-state index >= 15 is 0 Å². The predicted molar refractivity (Wildman–Crippen MR) is 120 cm³/mol. The quantitative estimate of drug-likeness (QED) is 0.639. The number of para-hydroxylation sites is 1. The van der Waals surface area contributed by atoms with Gasteiger partial charge in [-0.05, 0) is 76.9 Å². The van der Waals surface area contributed by atoms with Crippen molar-refractivity contribution in [3.05, 3.63) is 66.4 Å². The molecule has 2 N–H and O–H groups in total. The van der Waals surface area contributed by atoms with E-state index in [1.165, 1.54) is 0 Å². The first-order valence-corrected chi connectivity index (χ1v) is 10.4. The van der Waals surface area contributed by atoms with E-state index in [0.717, 1.165) is 23.7 Å². The molecule has 2 aromatic carbocycles. The highest BCUT2D eigenvalue weighted by molar-refractivity contribution is 5.94. The zero-order valence-corrected chi connectivity index (χ0v) is 18.0. The molecule has 1 fully saturated rings. The van der Waals surface area contributed by atoms with Crippen LogP contribution in [0.1, 0.15) is 50.9 Å². The fourth-order valence-corrected chi connectivity index (χ4v) is 4.65. The molecule has 0 spiro atoms. The summed E-state index contributed by atoms with van der Waals surface area (Å²) < 4.78 is 6.03. The number of aromatic nitrogens is 1. The summed E-state index contributed by atoms with van der Waals surface area (Å²) in [6.07, 6.45) is 3.56. The topological polar surface area (TPSA) is 63.2 Å². The summed E-state index contributed by atoms with van der Waals surface area (Å²) >= 11 is 0. The SMILES string of the molecule is CC1(C)CC(NC(=O)c2ccc(Oc3cccc4cccnc34)cc2)CC(C)(C)N1. The van der Waals surface area contributed by atoms with Gasteiger partial charge < -0.3 is 15.4 Å². The van der Waals surface area contributed by atoms with Crippen molar-refractivity contribution >= 4 is 16.8 Å². The molecule has 0 unspecified atom stereocenters. The zero-order chi connectivity index (χ0) is 21.4. The molecule has 30 heavy (non-hydrogen) atoms. The maximum atomic E-state index is 12.8. The van der Waals surface area contributed by atoms with Crippen molar-refractivity contribution in [2.24, 2.45) is 0 Å². The van der Waals surface area contributed by atoms with Crippen LogP contribution in [0.5, 0.6) is 11.5 Å². The molecule has 1 aliphatic heterocycles. The van der Waals surface area contributed by atoms with Gasteiger partial charge in [-0.1, -0.05) is 18.2 Å². The number of rotatable bonds is 4. The summed E-state index contributed by atoms with van der Waals surface area (Å²) in [6, 6.07) is 17.2. The highest BCUT2D eigenvalue weighted by Gasteiger charge is 2.38. The van der Waals surface area contributed by atoms with E-state index in [1.54, 1.807) is 18.3 Å². The van der Waals surface area contributed by atoms with Crippen molar-refractivity contribution in [2.45, 2.75) is 57.7 Å². The lowest BCUT2D eigenvalue weighted by Gasteiger charge is -2.46. The molecule has 1 saturated heterocycles. The fourth-order valence-electron chi connectivity index (χ4n) is 4.65. The average molecular weight is 404 g/mol. The molecule has 0 radical (unpaired) electrons. The number of piperidine rings is 1. The molecule has 3 aromatic rings. The van der Waals surface area contributed by atoms with Crippen molar-refractivity contribution in [3.8, 4) is 11.5 Å². The van der Waals surface area contributed by atoms with E-state index in [0.29, 0.717) is 17.1 Å². The molecule has 2 heterocycles. The third-order valence-electron chi connectivity index (χ3n) is 5.47. The number of pyridine rings is 1. The molecule has 0 saturated carbocycles. The monoisotopic (exact) mass is 403 g/mol. The third-order valence-corrected chi connectivity index (χ3v) is 5.47. The van der Waals surface area contributed by atoms with Crippen molar-refractivity contribution in [1.82, 2.24) is 15.6 Å². The van der Waals surface area contributed by atoms with Gasteiger partial charge in [0.05, 0.1) is 0 Å². The smallest absolute Gasteiger partial charge is 0.251 e. The number of hydrogen-bond acceptors (Lipinski definition) is 4. The summed E-state index contributed by atoms with van der Waals surface area (Å²) in [6.45, 7) is 8.73. The highest BCUT2D eigenvalue weighted by Crippen LogP contribution is 2.30. The minimum absolute atomic E-state index is 0.0100. The van der Waals surface area contributed by atoms with Crippen LogP contribution in [0.4, 0.5) is 0 Å². The van der Waals surface area contributed by atoms with Gasteiger partial charge in [0.2, 0.25) is 0 Å². The van der Waals surface area contributed by atoms with Gasteiger partial charge in [0, 0.05) is 34.3 Å². The minimum atomic E-state index is -0.0492. The van der Waals surface area contributed by atoms with Crippen molar-refractivity contribution in [2.75, 3.05) is 0 Å². The van der Waals surface area contributed by atoms with Crippen LogP contribution in [-0.2, 0) is 0 Å². The van der Waals surface area contributed by atoms with E-state index in [9.17, 15) is 4.79 Å². The number of amides is 1. The Morgan fingerprint density at radius 1 is 1.00 bits per heavy atom. The van der Waals surface area contributed by atoms with Gasteiger partial charge in [-0.25, -0.2) is 0 Å². The van der Waals surface area contributed by atoms with Gasteiger partial charge in [0.1, 0.15) is 11.3 Å². The van der Waals surface area contributed by atoms with Crippen molar-refractivity contribution in [3.63, 3.8) is 0 Å².